The summed E-state index contributed by atoms with van der Waals surface area (Å²) in [6, 6.07) is 14.2. The molecule has 0 unspecified atom stereocenters. The number of benzene rings is 3. The standard InChI is InChI=1S/C24H22BrFO5.CH2O3.K/c1-14(2)31-23-10-15(20(25)12-22(23)29-3)13-30-16-8-9-18(24(27)28)19(11-16)17-6-4-5-7-21(17)26;2-1(3)4;/h4-12,14H,13H2,1-3H3,(H,27,28);(H2,2,3,4);/q;;+1/p-1. The van der Waals surface area contributed by atoms with Crippen LogP contribution >= 0.6 is 15.9 Å². The van der Waals surface area contributed by atoms with Crippen LogP contribution in [-0.2, 0) is 6.61 Å². The number of hydrogen-bond acceptors (Lipinski definition) is 6. The zero-order valence-corrected chi connectivity index (χ0v) is 24.8. The Kier molecular flexibility index (Phi) is 13.4. The molecule has 0 atom stereocenters. The molecule has 0 radical (unpaired) electrons. The van der Waals surface area contributed by atoms with Gasteiger partial charge in [-0.2, -0.15) is 0 Å². The number of rotatable bonds is 8. The Hall–Kier alpha value is -2.15. The number of ether oxygens (including phenoxy) is 3. The van der Waals surface area contributed by atoms with Crippen LogP contribution in [0, 0.1) is 5.82 Å². The molecule has 36 heavy (non-hydrogen) atoms. The maximum atomic E-state index is 14.3. The molecule has 0 saturated carbocycles. The van der Waals surface area contributed by atoms with Crippen LogP contribution in [-0.4, -0.2) is 35.6 Å². The van der Waals surface area contributed by atoms with E-state index in [1.165, 1.54) is 24.3 Å². The van der Waals surface area contributed by atoms with Gasteiger partial charge in [0, 0.05) is 21.2 Å². The van der Waals surface area contributed by atoms with Crippen molar-refractivity contribution in [2.75, 3.05) is 7.11 Å². The Labute approximate surface area is 258 Å². The van der Waals surface area contributed by atoms with Crippen LogP contribution in [0.25, 0.3) is 11.1 Å². The Morgan fingerprint density at radius 2 is 1.67 bits per heavy atom. The van der Waals surface area contributed by atoms with Crippen molar-refractivity contribution < 1.29 is 94.9 Å². The van der Waals surface area contributed by atoms with E-state index < -0.39 is 17.9 Å². The topological polar surface area (TPSA) is 125 Å². The molecule has 186 valence electrons. The number of methoxy groups -OCH3 is 1. The Morgan fingerprint density at radius 3 is 2.22 bits per heavy atom. The molecule has 3 rings (SSSR count). The van der Waals surface area contributed by atoms with Crippen molar-refractivity contribution in [1.29, 1.82) is 0 Å². The zero-order valence-electron chi connectivity index (χ0n) is 20.1. The van der Waals surface area contributed by atoms with Gasteiger partial charge in [0.2, 0.25) is 6.16 Å². The van der Waals surface area contributed by atoms with E-state index in [1.54, 1.807) is 31.4 Å². The molecule has 11 heteroatoms. The van der Waals surface area contributed by atoms with E-state index >= 15 is 0 Å². The minimum Gasteiger partial charge on any atom is -0.565 e. The van der Waals surface area contributed by atoms with Crippen molar-refractivity contribution in [3.05, 3.63) is 76.0 Å². The van der Waals surface area contributed by atoms with E-state index in [1.807, 2.05) is 19.9 Å². The molecule has 0 aromatic heterocycles. The fourth-order valence-corrected chi connectivity index (χ4v) is 3.49. The van der Waals surface area contributed by atoms with E-state index in [2.05, 4.69) is 15.9 Å². The van der Waals surface area contributed by atoms with Crippen LogP contribution in [0.1, 0.15) is 29.8 Å². The first-order valence-corrected chi connectivity index (χ1v) is 11.0. The summed E-state index contributed by atoms with van der Waals surface area (Å²) >= 11 is 3.51. The fraction of sp³-hybridized carbons (Fsp3) is 0.200. The normalized spacial score (nSPS) is 9.94. The minimum absolute atomic E-state index is 0. The molecule has 0 aliphatic heterocycles. The molecule has 0 amide bonds. The molecule has 3 aromatic rings. The number of halogens is 2. The second-order valence-electron chi connectivity index (χ2n) is 7.31. The third-order valence-corrected chi connectivity index (χ3v) is 5.21. The maximum absolute atomic E-state index is 14.3. The first-order valence-electron chi connectivity index (χ1n) is 10.2. The maximum Gasteiger partial charge on any atom is 1.00 e. The van der Waals surface area contributed by atoms with E-state index in [4.69, 9.17) is 29.2 Å². The summed E-state index contributed by atoms with van der Waals surface area (Å²) in [4.78, 5) is 20.1. The van der Waals surface area contributed by atoms with Gasteiger partial charge in [-0.15, -0.1) is 0 Å². The van der Waals surface area contributed by atoms with Gasteiger partial charge in [-0.1, -0.05) is 34.1 Å². The molecule has 8 nitrogen and oxygen atoms in total. The Bertz CT molecular complexity index is 1200. The number of aromatic carboxylic acids is 1. The number of carboxylic acid groups (broad SMARTS) is 3. The summed E-state index contributed by atoms with van der Waals surface area (Å²) in [5, 5.41) is 24.8. The summed E-state index contributed by atoms with van der Waals surface area (Å²) in [6.07, 6.45) is -2.12. The molecule has 0 spiro atoms. The zero-order chi connectivity index (χ0) is 26.1. The minimum atomic E-state index is -2.08. The van der Waals surface area contributed by atoms with Gasteiger partial charge < -0.3 is 34.3 Å². The average Bonchev–Trinajstić information content (AvgIpc) is 2.78. The van der Waals surface area contributed by atoms with Crippen LogP contribution < -0.4 is 70.7 Å². The van der Waals surface area contributed by atoms with Crippen molar-refractivity contribution in [1.82, 2.24) is 0 Å². The van der Waals surface area contributed by atoms with E-state index in [9.17, 15) is 14.3 Å². The number of hydrogen-bond donors (Lipinski definition) is 2. The molecular formula is C25H23BrFKO8. The third-order valence-electron chi connectivity index (χ3n) is 4.48. The molecule has 0 heterocycles. The van der Waals surface area contributed by atoms with Gasteiger partial charge in [0.1, 0.15) is 18.2 Å². The summed E-state index contributed by atoms with van der Waals surface area (Å²) < 4.78 is 32.2. The van der Waals surface area contributed by atoms with Gasteiger partial charge in [0.25, 0.3) is 0 Å². The molecule has 2 N–H and O–H groups in total. The summed E-state index contributed by atoms with van der Waals surface area (Å²) in [5.41, 5.74) is 1.26. The van der Waals surface area contributed by atoms with Crippen molar-refractivity contribution >= 4 is 28.1 Å². The van der Waals surface area contributed by atoms with Gasteiger partial charge in [0.05, 0.1) is 18.8 Å². The summed E-state index contributed by atoms with van der Waals surface area (Å²) in [6.45, 7) is 4.03. The van der Waals surface area contributed by atoms with Gasteiger partial charge in [-0.3, -0.25) is 0 Å². The molecule has 0 bridgehead atoms. The second-order valence-corrected chi connectivity index (χ2v) is 8.16. The van der Waals surface area contributed by atoms with E-state index in [0.29, 0.717) is 17.2 Å². The molecule has 0 saturated heterocycles. The van der Waals surface area contributed by atoms with E-state index in [-0.39, 0.29) is 80.8 Å². The molecule has 3 aromatic carbocycles. The van der Waals surface area contributed by atoms with Crippen LogP contribution in [0.3, 0.4) is 0 Å². The van der Waals surface area contributed by atoms with Gasteiger partial charge >= 0.3 is 57.4 Å². The van der Waals surface area contributed by atoms with Crippen LogP contribution in [0.15, 0.2) is 59.1 Å². The predicted molar refractivity (Wildman–Crippen MR) is 128 cm³/mol. The van der Waals surface area contributed by atoms with Crippen LogP contribution in [0.4, 0.5) is 9.18 Å². The number of carboxylic acids is 1. The molecule has 0 fully saturated rings. The second kappa shape index (κ2) is 15.2. The van der Waals surface area contributed by atoms with Gasteiger partial charge in [-0.25, -0.2) is 9.18 Å². The predicted octanol–water partition coefficient (Wildman–Crippen LogP) is 2.22. The van der Waals surface area contributed by atoms with Gasteiger partial charge in [0.15, 0.2) is 11.5 Å². The molecule has 0 aliphatic rings. The fourth-order valence-electron chi connectivity index (χ4n) is 3.06. The quantitative estimate of drug-likeness (QED) is 0.384. The van der Waals surface area contributed by atoms with Crippen molar-refractivity contribution in [3.63, 3.8) is 0 Å². The van der Waals surface area contributed by atoms with E-state index in [0.717, 1.165) is 10.0 Å². The summed E-state index contributed by atoms with van der Waals surface area (Å²) in [5.74, 6) is -0.0458. The first kappa shape index (κ1) is 31.9. The van der Waals surface area contributed by atoms with Crippen molar-refractivity contribution in [2.45, 2.75) is 26.6 Å². The Balaban J connectivity index is 0.00000120. The smallest absolute Gasteiger partial charge is 0.565 e. The molecular weight excluding hydrogens is 566 g/mol. The van der Waals surface area contributed by atoms with Crippen molar-refractivity contribution in [2.24, 2.45) is 0 Å². The first-order chi connectivity index (χ1) is 16.5. The largest absolute Gasteiger partial charge is 1.00 e. The van der Waals surface area contributed by atoms with Gasteiger partial charge in [-0.05, 0) is 50.2 Å². The SMILES string of the molecule is COc1cc(Br)c(COc2ccc(C(=O)O)c(-c3ccccc3F)c2)cc1OC(C)C.O=C([O-])O.[K+]. The van der Waals surface area contributed by atoms with Crippen molar-refractivity contribution in [3.8, 4) is 28.4 Å². The van der Waals surface area contributed by atoms with Crippen LogP contribution in [0.2, 0.25) is 0 Å². The Morgan fingerprint density at radius 1 is 1.03 bits per heavy atom. The van der Waals surface area contributed by atoms with Crippen LogP contribution in [0.5, 0.6) is 17.2 Å². The summed E-state index contributed by atoms with van der Waals surface area (Å²) in [7, 11) is 1.57. The average molecular weight is 589 g/mol. The number of carbonyl (C=O) groups is 2. The molecule has 0 aliphatic carbocycles. The monoisotopic (exact) mass is 588 g/mol. The third kappa shape index (κ3) is 9.38.